The molecular weight excluding hydrogens is 424 g/mol. The van der Waals surface area contributed by atoms with Gasteiger partial charge < -0.3 is 14.5 Å². The number of carbonyl (C=O) groups excluding carboxylic acids is 1. The van der Waals surface area contributed by atoms with E-state index in [1.54, 1.807) is 0 Å². The molecule has 34 heavy (non-hydrogen) atoms. The maximum absolute atomic E-state index is 13.7. The molecule has 1 saturated carbocycles. The Morgan fingerprint density at radius 1 is 1.09 bits per heavy atom. The van der Waals surface area contributed by atoms with Gasteiger partial charge in [0.05, 0.1) is 5.56 Å². The molecule has 3 fully saturated rings. The Hall–Kier alpha value is -2.01. The van der Waals surface area contributed by atoms with E-state index >= 15 is 0 Å². The first-order valence-corrected chi connectivity index (χ1v) is 13.7. The van der Waals surface area contributed by atoms with Crippen molar-refractivity contribution >= 4 is 16.9 Å². The SMILES string of the molecule is Cc1[nH]c2ccc3c(c2c1C(=O)OC(C)(C)C1CCCCC1)C[C@@H]1CCCN2CCCC[C@@]12O3. The van der Waals surface area contributed by atoms with Gasteiger partial charge in [-0.05, 0) is 83.8 Å². The number of carbonyl (C=O) groups is 1. The summed E-state index contributed by atoms with van der Waals surface area (Å²) < 4.78 is 13.2. The van der Waals surface area contributed by atoms with Crippen LogP contribution in [0.25, 0.3) is 10.9 Å². The number of hydrogen-bond acceptors (Lipinski definition) is 4. The molecule has 0 unspecified atom stereocenters. The van der Waals surface area contributed by atoms with Gasteiger partial charge in [0.2, 0.25) is 0 Å². The summed E-state index contributed by atoms with van der Waals surface area (Å²) in [6, 6.07) is 4.22. The summed E-state index contributed by atoms with van der Waals surface area (Å²) in [5.41, 5.74) is 3.24. The van der Waals surface area contributed by atoms with Crippen molar-refractivity contribution in [3.63, 3.8) is 0 Å². The third-order valence-corrected chi connectivity index (χ3v) is 9.47. The number of aromatic nitrogens is 1. The van der Waals surface area contributed by atoms with E-state index < -0.39 is 5.60 Å². The van der Waals surface area contributed by atoms with E-state index in [9.17, 15) is 4.79 Å². The molecule has 184 valence electrons. The molecule has 1 aromatic heterocycles. The Kier molecular flexibility index (Phi) is 5.47. The van der Waals surface area contributed by atoms with Gasteiger partial charge in [0, 0.05) is 47.6 Å². The fraction of sp³-hybridized carbons (Fsp3) is 0.690. The highest BCUT2D eigenvalue weighted by atomic mass is 16.6. The van der Waals surface area contributed by atoms with Crippen molar-refractivity contribution in [2.45, 2.75) is 103 Å². The minimum atomic E-state index is -0.449. The standard InChI is InChI=1S/C29H40N2O3/c1-19-25(27(32)34-28(2,3)20-10-5-4-6-11-20)26-22-18-21-12-9-17-31-16-8-7-15-29(21,31)33-24(22)14-13-23(26)30-19/h13-14,20-21,30H,4-12,15-18H2,1-3H3/t21-,29+/m0/s1. The van der Waals surface area contributed by atoms with Crippen LogP contribution in [-0.4, -0.2) is 40.3 Å². The number of fused-ring (bicyclic) bond motifs is 3. The number of ether oxygens (including phenoxy) is 2. The normalized spacial score (nSPS) is 28.0. The molecule has 3 aliphatic heterocycles. The Bertz CT molecular complexity index is 1090. The van der Waals surface area contributed by atoms with Gasteiger partial charge >= 0.3 is 5.97 Å². The molecule has 0 amide bonds. The second-order valence-corrected chi connectivity index (χ2v) is 11.9. The number of nitrogens with one attached hydrogen (secondary N) is 1. The highest BCUT2D eigenvalue weighted by Gasteiger charge is 2.52. The molecule has 1 aliphatic carbocycles. The van der Waals surface area contributed by atoms with Crippen LogP contribution < -0.4 is 4.74 Å². The van der Waals surface area contributed by atoms with E-state index in [2.05, 4.69) is 35.9 Å². The summed E-state index contributed by atoms with van der Waals surface area (Å²) in [4.78, 5) is 19.8. The van der Waals surface area contributed by atoms with E-state index in [1.807, 2.05) is 6.92 Å². The van der Waals surface area contributed by atoms with Crippen LogP contribution in [0.5, 0.6) is 5.75 Å². The third kappa shape index (κ3) is 3.49. The zero-order valence-corrected chi connectivity index (χ0v) is 21.2. The second kappa shape index (κ2) is 8.29. The Morgan fingerprint density at radius 3 is 2.71 bits per heavy atom. The van der Waals surface area contributed by atoms with Crippen LogP contribution in [0.3, 0.4) is 0 Å². The van der Waals surface area contributed by atoms with Crippen molar-refractivity contribution in [3.05, 3.63) is 29.0 Å². The summed E-state index contributed by atoms with van der Waals surface area (Å²) in [7, 11) is 0. The van der Waals surface area contributed by atoms with Crippen LogP contribution in [0.2, 0.25) is 0 Å². The van der Waals surface area contributed by atoms with E-state index in [4.69, 9.17) is 9.47 Å². The fourth-order valence-electron chi connectivity index (χ4n) is 7.64. The van der Waals surface area contributed by atoms with E-state index in [0.29, 0.717) is 17.4 Å². The van der Waals surface area contributed by atoms with Crippen molar-refractivity contribution < 1.29 is 14.3 Å². The molecule has 1 aromatic carbocycles. The summed E-state index contributed by atoms with van der Waals surface area (Å²) >= 11 is 0. The first-order valence-electron chi connectivity index (χ1n) is 13.7. The lowest BCUT2D eigenvalue weighted by Crippen LogP contribution is -2.64. The monoisotopic (exact) mass is 464 g/mol. The smallest absolute Gasteiger partial charge is 0.341 e. The predicted octanol–water partition coefficient (Wildman–Crippen LogP) is 6.52. The lowest BCUT2D eigenvalue weighted by Gasteiger charge is -2.56. The van der Waals surface area contributed by atoms with Gasteiger partial charge in [-0.2, -0.15) is 0 Å². The molecule has 0 bridgehead atoms. The number of aromatic amines is 1. The Balaban J connectivity index is 1.37. The Morgan fingerprint density at radius 2 is 1.88 bits per heavy atom. The maximum Gasteiger partial charge on any atom is 0.341 e. The molecule has 6 rings (SSSR count). The predicted molar refractivity (Wildman–Crippen MR) is 134 cm³/mol. The average Bonchev–Trinajstić information content (AvgIpc) is 3.18. The number of nitrogens with zero attached hydrogens (tertiary/aromatic N) is 1. The molecule has 1 spiro atoms. The van der Waals surface area contributed by atoms with Gasteiger partial charge in [0.25, 0.3) is 0 Å². The third-order valence-electron chi connectivity index (χ3n) is 9.47. The number of benzene rings is 1. The Labute approximate surface area is 203 Å². The highest BCUT2D eigenvalue weighted by molar-refractivity contribution is 6.07. The summed E-state index contributed by atoms with van der Waals surface area (Å²) in [5, 5.41) is 1.03. The van der Waals surface area contributed by atoms with Gasteiger partial charge in [-0.15, -0.1) is 0 Å². The minimum Gasteiger partial charge on any atom is -0.472 e. The molecule has 2 saturated heterocycles. The van der Waals surface area contributed by atoms with Gasteiger partial charge in [-0.25, -0.2) is 4.79 Å². The van der Waals surface area contributed by atoms with Crippen LogP contribution in [0, 0.1) is 18.8 Å². The molecule has 2 atom stereocenters. The number of rotatable bonds is 3. The number of esters is 1. The highest BCUT2D eigenvalue weighted by Crippen LogP contribution is 2.50. The molecule has 5 heteroatoms. The van der Waals surface area contributed by atoms with Gasteiger partial charge in [-0.1, -0.05) is 19.3 Å². The van der Waals surface area contributed by atoms with Crippen molar-refractivity contribution in [2.24, 2.45) is 11.8 Å². The van der Waals surface area contributed by atoms with E-state index in [-0.39, 0.29) is 11.7 Å². The van der Waals surface area contributed by atoms with Crippen LogP contribution in [0.1, 0.15) is 99.7 Å². The topological polar surface area (TPSA) is 54.6 Å². The number of hydrogen-bond donors (Lipinski definition) is 1. The van der Waals surface area contributed by atoms with Gasteiger partial charge in [0.15, 0.2) is 5.72 Å². The zero-order valence-electron chi connectivity index (χ0n) is 21.2. The number of piperidine rings is 2. The second-order valence-electron chi connectivity index (χ2n) is 11.9. The molecule has 1 N–H and O–H groups in total. The number of aryl methyl sites for hydroxylation is 1. The average molecular weight is 465 g/mol. The quantitative estimate of drug-likeness (QED) is 0.526. The van der Waals surface area contributed by atoms with Crippen LogP contribution in [0.4, 0.5) is 0 Å². The first kappa shape index (κ1) is 22.5. The van der Waals surface area contributed by atoms with E-state index in [0.717, 1.165) is 61.1 Å². The zero-order chi connectivity index (χ0) is 23.5. The van der Waals surface area contributed by atoms with Crippen molar-refractivity contribution in [1.29, 1.82) is 0 Å². The summed E-state index contributed by atoms with van der Waals surface area (Å²) in [6.45, 7) is 8.50. The van der Waals surface area contributed by atoms with E-state index in [1.165, 1.54) is 50.5 Å². The molecule has 4 heterocycles. The van der Waals surface area contributed by atoms with Crippen LogP contribution >= 0.6 is 0 Å². The van der Waals surface area contributed by atoms with Gasteiger partial charge in [-0.3, -0.25) is 4.90 Å². The molecule has 4 aliphatic rings. The van der Waals surface area contributed by atoms with Crippen molar-refractivity contribution in [2.75, 3.05) is 13.1 Å². The fourth-order valence-corrected chi connectivity index (χ4v) is 7.64. The van der Waals surface area contributed by atoms with Gasteiger partial charge in [0.1, 0.15) is 11.4 Å². The summed E-state index contributed by atoms with van der Waals surface area (Å²) in [6.07, 6.45) is 13.1. The lowest BCUT2D eigenvalue weighted by atomic mass is 9.74. The lowest BCUT2D eigenvalue weighted by molar-refractivity contribution is -0.177. The number of H-pyrrole nitrogens is 1. The molecule has 0 radical (unpaired) electrons. The first-order chi connectivity index (χ1) is 16.4. The maximum atomic E-state index is 13.7. The molecule has 5 nitrogen and oxygen atoms in total. The molecule has 2 aromatic rings. The van der Waals surface area contributed by atoms with Crippen LogP contribution in [-0.2, 0) is 11.2 Å². The molecular formula is C29H40N2O3. The van der Waals surface area contributed by atoms with Crippen molar-refractivity contribution in [3.8, 4) is 5.75 Å². The minimum absolute atomic E-state index is 0.147. The summed E-state index contributed by atoms with van der Waals surface area (Å²) in [5.74, 6) is 1.71. The van der Waals surface area contributed by atoms with Crippen LogP contribution in [0.15, 0.2) is 12.1 Å². The van der Waals surface area contributed by atoms with Crippen molar-refractivity contribution in [1.82, 2.24) is 9.88 Å². The largest absolute Gasteiger partial charge is 0.472 e.